The van der Waals surface area contributed by atoms with Gasteiger partial charge in [-0.25, -0.2) is 0 Å². The van der Waals surface area contributed by atoms with Crippen LogP contribution in [0.5, 0.6) is 0 Å². The van der Waals surface area contributed by atoms with Crippen molar-refractivity contribution in [3.63, 3.8) is 0 Å². The molecule has 0 amide bonds. The van der Waals surface area contributed by atoms with E-state index in [0.29, 0.717) is 29.9 Å². The molecule has 0 unspecified atom stereocenters. The van der Waals surface area contributed by atoms with Crippen LogP contribution in [0.3, 0.4) is 0 Å². The predicted octanol–water partition coefficient (Wildman–Crippen LogP) is 2.11. The Morgan fingerprint density at radius 3 is 1.85 bits per heavy atom. The first-order valence-corrected chi connectivity index (χ1v) is 12.1. The first-order chi connectivity index (χ1) is 9.60. The summed E-state index contributed by atoms with van der Waals surface area (Å²) < 4.78 is 6.33. The van der Waals surface area contributed by atoms with Gasteiger partial charge in [0.05, 0.1) is 0 Å². The van der Waals surface area contributed by atoms with Gasteiger partial charge in [0.2, 0.25) is 0 Å². The molecule has 5 heteroatoms. The van der Waals surface area contributed by atoms with E-state index in [1.807, 2.05) is 34.0 Å². The average molecular weight is 448 g/mol. The van der Waals surface area contributed by atoms with Crippen LogP contribution in [-0.2, 0) is 0 Å². The van der Waals surface area contributed by atoms with Gasteiger partial charge in [0.1, 0.15) is 0 Å². The average Bonchev–Trinajstić information content (AvgIpc) is 3.04. The van der Waals surface area contributed by atoms with Crippen molar-refractivity contribution in [1.29, 1.82) is 0 Å². The van der Waals surface area contributed by atoms with Crippen molar-refractivity contribution in [2.75, 3.05) is 0 Å². The Morgan fingerprint density at radius 2 is 1.30 bits per heavy atom. The molecule has 0 saturated heterocycles. The van der Waals surface area contributed by atoms with Crippen LogP contribution < -0.4 is 15.8 Å². The summed E-state index contributed by atoms with van der Waals surface area (Å²) >= 11 is 6.87. The molecular formula is C15H14S3Se2. The molecule has 0 fully saturated rings. The monoisotopic (exact) mass is 450 g/mol. The molecule has 0 aliphatic heterocycles. The summed E-state index contributed by atoms with van der Waals surface area (Å²) in [6.07, 6.45) is 0. The molecule has 0 aliphatic carbocycles. The molecule has 0 atom stereocenters. The van der Waals surface area contributed by atoms with Crippen molar-refractivity contribution in [2.45, 2.75) is 20.8 Å². The molecule has 3 rings (SSSR count). The number of hydrogen-bond acceptors (Lipinski definition) is 3. The second kappa shape index (κ2) is 6.49. The van der Waals surface area contributed by atoms with Crippen LogP contribution in [0.15, 0.2) is 30.3 Å². The first-order valence-electron chi connectivity index (χ1n) is 6.19. The van der Waals surface area contributed by atoms with Crippen LogP contribution in [0.1, 0.15) is 14.6 Å². The van der Waals surface area contributed by atoms with Crippen molar-refractivity contribution in [3.05, 3.63) is 45.0 Å². The zero-order valence-electron chi connectivity index (χ0n) is 11.4. The van der Waals surface area contributed by atoms with Gasteiger partial charge in [-0.1, -0.05) is 0 Å². The Labute approximate surface area is 144 Å². The minimum absolute atomic E-state index is 0.479. The Hall–Kier alpha value is 0.139. The zero-order chi connectivity index (χ0) is 14.1. The summed E-state index contributed by atoms with van der Waals surface area (Å²) in [5.41, 5.74) is 0. The third-order valence-corrected chi connectivity index (χ3v) is 12.3. The Balaban J connectivity index is 1.84. The van der Waals surface area contributed by atoms with E-state index in [1.54, 1.807) is 15.8 Å². The van der Waals surface area contributed by atoms with E-state index in [0.717, 1.165) is 0 Å². The standard InChI is InChI=1S/C15H14S3Se2/c1-9-4-6-13(16-9)19-12-8-11(3)18-15(12)20-14-7-5-10(2)17-14/h4-8H,1-3H3. The second-order valence-corrected chi connectivity index (χ2v) is 14.5. The van der Waals surface area contributed by atoms with Crippen molar-refractivity contribution >= 4 is 79.7 Å². The quantitative estimate of drug-likeness (QED) is 0.537. The summed E-state index contributed by atoms with van der Waals surface area (Å²) in [6.45, 7) is 6.63. The van der Waals surface area contributed by atoms with Gasteiger partial charge in [-0.3, -0.25) is 0 Å². The van der Waals surface area contributed by atoms with Crippen LogP contribution in [0, 0.1) is 20.8 Å². The molecule has 0 radical (unpaired) electrons. The van der Waals surface area contributed by atoms with E-state index in [4.69, 9.17) is 0 Å². The molecule has 0 N–H and O–H groups in total. The number of aryl methyl sites for hydroxylation is 3. The molecule has 0 bridgehead atoms. The Morgan fingerprint density at radius 1 is 0.700 bits per heavy atom. The van der Waals surface area contributed by atoms with Gasteiger partial charge in [-0.15, -0.1) is 0 Å². The molecule has 20 heavy (non-hydrogen) atoms. The van der Waals surface area contributed by atoms with E-state index in [-0.39, 0.29) is 0 Å². The summed E-state index contributed by atoms with van der Waals surface area (Å²) in [5.74, 6) is 0. The van der Waals surface area contributed by atoms with Crippen molar-refractivity contribution < 1.29 is 0 Å². The Kier molecular flexibility index (Phi) is 4.89. The Bertz CT molecular complexity index is 661. The fourth-order valence-electron chi connectivity index (χ4n) is 1.75. The fourth-order valence-corrected chi connectivity index (χ4v) is 12.6. The van der Waals surface area contributed by atoms with Crippen LogP contribution in [0.25, 0.3) is 0 Å². The maximum atomic E-state index is 2.41. The summed E-state index contributed by atoms with van der Waals surface area (Å²) in [6, 6.07) is 11.5. The normalized spacial score (nSPS) is 11.2. The molecule has 0 aliphatic rings. The predicted molar refractivity (Wildman–Crippen MR) is 97.2 cm³/mol. The molecule has 0 saturated carbocycles. The third kappa shape index (κ3) is 3.66. The number of hydrogen-bond donors (Lipinski definition) is 0. The zero-order valence-corrected chi connectivity index (χ0v) is 17.3. The van der Waals surface area contributed by atoms with Crippen molar-refractivity contribution in [3.8, 4) is 0 Å². The van der Waals surface area contributed by atoms with Crippen LogP contribution in [-0.4, -0.2) is 29.9 Å². The van der Waals surface area contributed by atoms with Crippen LogP contribution in [0.4, 0.5) is 0 Å². The molecular weight excluding hydrogens is 434 g/mol. The van der Waals surface area contributed by atoms with Crippen LogP contribution in [0.2, 0.25) is 0 Å². The molecule has 3 heterocycles. The molecule has 0 spiro atoms. The molecule has 3 aromatic rings. The van der Waals surface area contributed by atoms with Crippen molar-refractivity contribution in [1.82, 2.24) is 0 Å². The first kappa shape index (κ1) is 15.1. The number of thiophene rings is 3. The SMILES string of the molecule is Cc1ccc([Se]c2cc(C)sc2[Se]c2ccc(C)s2)s1. The van der Waals surface area contributed by atoms with E-state index < -0.39 is 0 Å². The van der Waals surface area contributed by atoms with Gasteiger partial charge in [-0.2, -0.15) is 0 Å². The van der Waals surface area contributed by atoms with Gasteiger partial charge in [0.25, 0.3) is 0 Å². The molecule has 3 aromatic heterocycles. The third-order valence-electron chi connectivity index (χ3n) is 2.62. The van der Waals surface area contributed by atoms with Gasteiger partial charge >= 0.3 is 145 Å². The van der Waals surface area contributed by atoms with Gasteiger partial charge in [-0.05, 0) is 0 Å². The summed E-state index contributed by atoms with van der Waals surface area (Å²) in [4.78, 5) is 4.31. The number of rotatable bonds is 4. The topological polar surface area (TPSA) is 0 Å². The summed E-state index contributed by atoms with van der Waals surface area (Å²) in [7, 11) is 0. The van der Waals surface area contributed by atoms with Crippen molar-refractivity contribution in [2.24, 2.45) is 0 Å². The minimum atomic E-state index is 0.479. The molecule has 0 nitrogen and oxygen atoms in total. The van der Waals surface area contributed by atoms with E-state index in [2.05, 4.69) is 51.1 Å². The van der Waals surface area contributed by atoms with Crippen LogP contribution >= 0.6 is 34.0 Å². The summed E-state index contributed by atoms with van der Waals surface area (Å²) in [5, 5.41) is 0. The maximum absolute atomic E-state index is 2.41. The second-order valence-electron chi connectivity index (χ2n) is 4.44. The fraction of sp³-hybridized carbons (Fsp3) is 0.200. The van der Waals surface area contributed by atoms with E-state index in [9.17, 15) is 0 Å². The molecule has 0 aromatic carbocycles. The van der Waals surface area contributed by atoms with Gasteiger partial charge in [0, 0.05) is 0 Å². The van der Waals surface area contributed by atoms with Gasteiger partial charge in [0.15, 0.2) is 0 Å². The molecule has 104 valence electrons. The van der Waals surface area contributed by atoms with E-state index >= 15 is 0 Å². The van der Waals surface area contributed by atoms with E-state index in [1.165, 1.54) is 14.6 Å². The van der Waals surface area contributed by atoms with Gasteiger partial charge < -0.3 is 0 Å².